The molecule has 0 aliphatic heterocycles. The lowest BCUT2D eigenvalue weighted by atomic mass is 10.5. The molecule has 0 saturated carbocycles. The molecule has 0 heterocycles. The molecule has 0 N–H and O–H groups in total. The number of thioether (sulfide) groups is 1. The van der Waals surface area contributed by atoms with Gasteiger partial charge in [-0.25, -0.2) is 4.99 Å². The fraction of sp³-hybridized carbons (Fsp3) is 0.600. The van der Waals surface area contributed by atoms with Crippen molar-refractivity contribution in [3.05, 3.63) is 0 Å². The molecular weight excluding hydrogens is 122 g/mol. The molecule has 0 aliphatic carbocycles. The summed E-state index contributed by atoms with van der Waals surface area (Å²) in [5.74, 6) is 0. The van der Waals surface area contributed by atoms with Crippen molar-refractivity contribution >= 4 is 22.7 Å². The van der Waals surface area contributed by atoms with Gasteiger partial charge in [-0.2, -0.15) is 0 Å². The molecule has 2 nitrogen and oxygen atoms in total. The van der Waals surface area contributed by atoms with E-state index in [9.17, 15) is 4.79 Å². The van der Waals surface area contributed by atoms with Gasteiger partial charge in [0.25, 0.3) is 0 Å². The lowest BCUT2D eigenvalue weighted by molar-refractivity contribution is 0.267. The Morgan fingerprint density at radius 2 is 2.00 bits per heavy atom. The van der Waals surface area contributed by atoms with Gasteiger partial charge in [0.05, 0.1) is 0 Å². The first-order valence-electron chi connectivity index (χ1n) is 2.26. The van der Waals surface area contributed by atoms with Crippen LogP contribution < -0.4 is 0 Å². The predicted octanol–water partition coefficient (Wildman–Crippen LogP) is 1.95. The Kier molecular flexibility index (Phi) is 3.52. The quantitative estimate of drug-likeness (QED) is 0.470. The summed E-state index contributed by atoms with van der Waals surface area (Å²) < 4.78 is 0. The third-order valence-electron chi connectivity index (χ3n) is 0.490. The van der Waals surface area contributed by atoms with E-state index >= 15 is 0 Å². The lowest BCUT2D eigenvalue weighted by Gasteiger charge is -1.84. The summed E-state index contributed by atoms with van der Waals surface area (Å²) in [5, 5.41) is -0.120. The van der Waals surface area contributed by atoms with Crippen LogP contribution in [0, 0.1) is 0 Å². The van der Waals surface area contributed by atoms with Gasteiger partial charge in [-0.3, -0.25) is 4.79 Å². The fourth-order valence-corrected chi connectivity index (χ4v) is 0.502. The number of hydrogen-bond acceptors (Lipinski definition) is 2. The number of carbonyl (C=O) groups is 1. The van der Waals surface area contributed by atoms with Crippen LogP contribution in [0.25, 0.3) is 0 Å². The summed E-state index contributed by atoms with van der Waals surface area (Å²) in [6.07, 6.45) is 1.72. The van der Waals surface area contributed by atoms with Gasteiger partial charge >= 0.3 is 5.24 Å². The second-order valence-electron chi connectivity index (χ2n) is 1.53. The van der Waals surface area contributed by atoms with Gasteiger partial charge in [0, 0.05) is 5.71 Å². The van der Waals surface area contributed by atoms with E-state index in [2.05, 4.69) is 4.99 Å². The molecule has 0 spiro atoms. The van der Waals surface area contributed by atoms with E-state index in [-0.39, 0.29) is 5.24 Å². The topological polar surface area (TPSA) is 29.4 Å². The summed E-state index contributed by atoms with van der Waals surface area (Å²) in [4.78, 5) is 14.0. The second-order valence-corrected chi connectivity index (χ2v) is 2.29. The normalized spacial score (nSPS) is 8.38. The maximum absolute atomic E-state index is 10.4. The van der Waals surface area contributed by atoms with Gasteiger partial charge < -0.3 is 0 Å². The first kappa shape index (κ1) is 7.69. The molecule has 1 amide bonds. The minimum absolute atomic E-state index is 0.120. The van der Waals surface area contributed by atoms with Crippen LogP contribution in [-0.2, 0) is 0 Å². The number of carbonyl (C=O) groups excluding carboxylic acids is 1. The Bertz CT molecular complexity index is 116. The van der Waals surface area contributed by atoms with E-state index in [1.165, 1.54) is 0 Å². The number of hydrogen-bond donors (Lipinski definition) is 0. The van der Waals surface area contributed by atoms with Gasteiger partial charge in [-0.05, 0) is 20.1 Å². The number of nitrogens with zero attached hydrogens (tertiary/aromatic N) is 1. The largest absolute Gasteiger partial charge is 0.304 e. The van der Waals surface area contributed by atoms with E-state index in [1.807, 2.05) is 0 Å². The van der Waals surface area contributed by atoms with E-state index in [0.717, 1.165) is 17.5 Å². The van der Waals surface area contributed by atoms with Crippen molar-refractivity contribution in [3.8, 4) is 0 Å². The molecule has 0 atom stereocenters. The van der Waals surface area contributed by atoms with Crippen molar-refractivity contribution in [2.24, 2.45) is 4.99 Å². The molecular formula is C5H9NOS. The van der Waals surface area contributed by atoms with E-state index in [1.54, 1.807) is 20.1 Å². The first-order valence-corrected chi connectivity index (χ1v) is 3.49. The standard InChI is InChI=1S/C5H9NOS/c1-4(2)6-5(7)8-3/h1-3H3. The Morgan fingerprint density at radius 3 is 2.12 bits per heavy atom. The molecule has 8 heavy (non-hydrogen) atoms. The van der Waals surface area contributed by atoms with Gasteiger partial charge in [0.1, 0.15) is 0 Å². The van der Waals surface area contributed by atoms with Crippen molar-refractivity contribution < 1.29 is 4.79 Å². The molecule has 0 aromatic carbocycles. The first-order chi connectivity index (χ1) is 3.66. The third kappa shape index (κ3) is 3.87. The number of aliphatic imine (C=N–C) groups is 1. The Labute approximate surface area is 53.4 Å². The summed E-state index contributed by atoms with van der Waals surface area (Å²) in [7, 11) is 0. The Balaban J connectivity index is 3.70. The van der Waals surface area contributed by atoms with Gasteiger partial charge in [0.2, 0.25) is 0 Å². The molecule has 0 radical (unpaired) electrons. The highest BCUT2D eigenvalue weighted by atomic mass is 32.2. The second kappa shape index (κ2) is 3.66. The molecule has 0 bridgehead atoms. The maximum Gasteiger partial charge on any atom is 0.304 e. The molecule has 0 unspecified atom stereocenters. The van der Waals surface area contributed by atoms with Gasteiger partial charge in [-0.15, -0.1) is 0 Å². The van der Waals surface area contributed by atoms with Crippen molar-refractivity contribution in [2.75, 3.05) is 6.26 Å². The fourth-order valence-electron chi connectivity index (χ4n) is 0.228. The summed E-state index contributed by atoms with van der Waals surface area (Å²) in [5.41, 5.74) is 0.810. The van der Waals surface area contributed by atoms with Crippen LogP contribution in [0.4, 0.5) is 4.79 Å². The monoisotopic (exact) mass is 131 g/mol. The molecule has 0 aliphatic rings. The molecule has 0 fully saturated rings. The van der Waals surface area contributed by atoms with Crippen molar-refractivity contribution in [1.82, 2.24) is 0 Å². The highest BCUT2D eigenvalue weighted by Crippen LogP contribution is 1.97. The van der Waals surface area contributed by atoms with Crippen molar-refractivity contribution in [1.29, 1.82) is 0 Å². The average molecular weight is 131 g/mol. The van der Waals surface area contributed by atoms with Crippen LogP contribution in [0.2, 0.25) is 0 Å². The highest BCUT2D eigenvalue weighted by Gasteiger charge is 1.90. The van der Waals surface area contributed by atoms with Crippen LogP contribution in [0.1, 0.15) is 13.8 Å². The average Bonchev–Trinajstić information content (AvgIpc) is 1.65. The molecule has 0 aromatic heterocycles. The van der Waals surface area contributed by atoms with Gasteiger partial charge in [-0.1, -0.05) is 11.8 Å². The minimum atomic E-state index is -0.120. The molecule has 0 rings (SSSR count). The zero-order valence-electron chi connectivity index (χ0n) is 5.26. The Hall–Kier alpha value is -0.310. The van der Waals surface area contributed by atoms with E-state index in [0.29, 0.717) is 0 Å². The third-order valence-corrected chi connectivity index (χ3v) is 0.930. The van der Waals surface area contributed by atoms with Crippen LogP contribution in [-0.4, -0.2) is 17.2 Å². The zero-order valence-corrected chi connectivity index (χ0v) is 6.08. The molecule has 46 valence electrons. The minimum Gasteiger partial charge on any atom is -0.259 e. The SMILES string of the molecule is CSC(=O)N=C(C)C. The molecule has 3 heteroatoms. The Morgan fingerprint density at radius 1 is 1.50 bits per heavy atom. The summed E-state index contributed by atoms with van der Waals surface area (Å²) in [6, 6.07) is 0. The van der Waals surface area contributed by atoms with E-state index in [4.69, 9.17) is 0 Å². The van der Waals surface area contributed by atoms with Crippen molar-refractivity contribution in [3.63, 3.8) is 0 Å². The lowest BCUT2D eigenvalue weighted by Crippen LogP contribution is -1.86. The van der Waals surface area contributed by atoms with Crippen molar-refractivity contribution in [2.45, 2.75) is 13.8 Å². The van der Waals surface area contributed by atoms with Crippen LogP contribution in [0.15, 0.2) is 4.99 Å². The number of rotatable bonds is 0. The zero-order chi connectivity index (χ0) is 6.57. The van der Waals surface area contributed by atoms with Crippen LogP contribution >= 0.6 is 11.8 Å². The summed E-state index contributed by atoms with van der Waals surface area (Å²) in [6.45, 7) is 3.60. The highest BCUT2D eigenvalue weighted by molar-refractivity contribution is 8.13. The van der Waals surface area contributed by atoms with Crippen LogP contribution in [0.5, 0.6) is 0 Å². The summed E-state index contributed by atoms with van der Waals surface area (Å²) >= 11 is 1.13. The maximum atomic E-state index is 10.4. The van der Waals surface area contributed by atoms with Gasteiger partial charge in [0.15, 0.2) is 0 Å². The van der Waals surface area contributed by atoms with Crippen LogP contribution in [0.3, 0.4) is 0 Å². The molecule has 0 aromatic rings. The molecule has 0 saturated heterocycles. The smallest absolute Gasteiger partial charge is 0.259 e. The van der Waals surface area contributed by atoms with E-state index < -0.39 is 0 Å². The predicted molar refractivity (Wildman–Crippen MR) is 37.7 cm³/mol. The number of amides is 1.